The van der Waals surface area contributed by atoms with Crippen LogP contribution in [0.3, 0.4) is 0 Å². The molecule has 0 saturated heterocycles. The Morgan fingerprint density at radius 2 is 1.76 bits per heavy atom. The highest BCUT2D eigenvalue weighted by atomic mass is 16.1. The minimum atomic E-state index is -0.211. The number of hydrogen-bond acceptors (Lipinski definition) is 6. The number of imidazole rings is 1. The van der Waals surface area contributed by atoms with E-state index in [2.05, 4.69) is 25.6 Å². The summed E-state index contributed by atoms with van der Waals surface area (Å²) < 4.78 is 2.02. The molecule has 8 heteroatoms. The van der Waals surface area contributed by atoms with Crippen molar-refractivity contribution in [3.05, 3.63) is 102 Å². The minimum Gasteiger partial charge on any atom is -0.397 e. The molecule has 0 aliphatic heterocycles. The number of pyridine rings is 1. The van der Waals surface area contributed by atoms with E-state index in [0.717, 1.165) is 28.3 Å². The Bertz CT molecular complexity index is 1470. The second kappa shape index (κ2) is 9.03. The van der Waals surface area contributed by atoms with Crippen LogP contribution in [0.25, 0.3) is 17.0 Å². The van der Waals surface area contributed by atoms with E-state index in [1.807, 2.05) is 66.1 Å². The van der Waals surface area contributed by atoms with E-state index in [1.54, 1.807) is 30.5 Å². The summed E-state index contributed by atoms with van der Waals surface area (Å²) in [7, 11) is 0. The number of benzene rings is 2. The molecule has 0 unspecified atom stereocenters. The summed E-state index contributed by atoms with van der Waals surface area (Å²) in [5, 5.41) is 6.09. The Hall–Kier alpha value is -4.72. The zero-order valence-corrected chi connectivity index (χ0v) is 18.6. The normalized spacial score (nSPS) is 10.9. The maximum absolute atomic E-state index is 12.5. The maximum atomic E-state index is 12.5. The van der Waals surface area contributed by atoms with Crippen LogP contribution < -0.4 is 16.4 Å². The van der Waals surface area contributed by atoms with Crippen molar-refractivity contribution in [2.45, 2.75) is 13.5 Å². The van der Waals surface area contributed by atoms with E-state index in [1.165, 1.54) is 0 Å². The van der Waals surface area contributed by atoms with Gasteiger partial charge in [-0.2, -0.15) is 0 Å². The van der Waals surface area contributed by atoms with Gasteiger partial charge in [0.2, 0.25) is 5.95 Å². The number of rotatable bonds is 6. The molecule has 4 N–H and O–H groups in total. The molecule has 0 bridgehead atoms. The van der Waals surface area contributed by atoms with Crippen molar-refractivity contribution in [2.24, 2.45) is 0 Å². The number of amides is 1. The lowest BCUT2D eigenvalue weighted by molar-refractivity contribution is 0.102. The van der Waals surface area contributed by atoms with Crippen LogP contribution in [0.1, 0.15) is 21.6 Å². The van der Waals surface area contributed by atoms with Gasteiger partial charge < -0.3 is 16.4 Å². The second-order valence-corrected chi connectivity index (χ2v) is 7.83. The van der Waals surface area contributed by atoms with Gasteiger partial charge in [-0.15, -0.1) is 0 Å². The third kappa shape index (κ3) is 4.29. The molecule has 0 aliphatic rings. The van der Waals surface area contributed by atoms with Crippen molar-refractivity contribution in [3.8, 4) is 11.4 Å². The molecule has 0 radical (unpaired) electrons. The highest BCUT2D eigenvalue weighted by Gasteiger charge is 2.13. The quantitative estimate of drug-likeness (QED) is 0.328. The summed E-state index contributed by atoms with van der Waals surface area (Å²) in [5.74, 6) is 0.306. The van der Waals surface area contributed by atoms with E-state index >= 15 is 0 Å². The summed E-state index contributed by atoms with van der Waals surface area (Å²) in [5.41, 5.74) is 12.1. The predicted octanol–water partition coefficient (Wildman–Crippen LogP) is 4.55. The fourth-order valence-corrected chi connectivity index (χ4v) is 3.76. The molecule has 0 fully saturated rings. The van der Waals surface area contributed by atoms with Gasteiger partial charge in [-0.1, -0.05) is 30.3 Å². The molecule has 5 rings (SSSR count). The number of para-hydroxylation sites is 2. The fraction of sp³-hybridized carbons (Fsp3) is 0.0769. The van der Waals surface area contributed by atoms with Crippen LogP contribution in [-0.2, 0) is 6.54 Å². The summed E-state index contributed by atoms with van der Waals surface area (Å²) >= 11 is 0. The molecule has 5 aromatic rings. The summed E-state index contributed by atoms with van der Waals surface area (Å²) in [6.45, 7) is 2.49. The third-order valence-electron chi connectivity index (χ3n) is 5.48. The van der Waals surface area contributed by atoms with Gasteiger partial charge in [0.05, 0.1) is 28.5 Å². The molecule has 0 atom stereocenters. The number of hydrogen-bond donors (Lipinski definition) is 3. The molecule has 8 nitrogen and oxygen atoms in total. The van der Waals surface area contributed by atoms with Crippen LogP contribution in [0.4, 0.5) is 17.3 Å². The topological polar surface area (TPSA) is 110 Å². The van der Waals surface area contributed by atoms with Crippen LogP contribution in [0.15, 0.2) is 85.2 Å². The number of carbonyl (C=O) groups is 1. The van der Waals surface area contributed by atoms with Crippen molar-refractivity contribution in [1.29, 1.82) is 0 Å². The van der Waals surface area contributed by atoms with Crippen LogP contribution in [0.5, 0.6) is 0 Å². The molecule has 34 heavy (non-hydrogen) atoms. The van der Waals surface area contributed by atoms with Crippen LogP contribution in [0, 0.1) is 6.92 Å². The maximum Gasteiger partial charge on any atom is 0.255 e. The number of aromatic nitrogens is 4. The molecule has 2 aromatic carbocycles. The summed E-state index contributed by atoms with van der Waals surface area (Å²) in [6.07, 6.45) is 3.71. The van der Waals surface area contributed by atoms with E-state index in [4.69, 9.17) is 5.73 Å². The predicted molar refractivity (Wildman–Crippen MR) is 134 cm³/mol. The number of fused-ring (bicyclic) bond motifs is 1. The molecule has 1 amide bonds. The Labute approximate surface area is 196 Å². The van der Waals surface area contributed by atoms with Crippen LogP contribution >= 0.6 is 0 Å². The first-order chi connectivity index (χ1) is 16.6. The number of nitrogens with one attached hydrogen (secondary N) is 2. The van der Waals surface area contributed by atoms with Crippen molar-refractivity contribution < 1.29 is 4.79 Å². The Balaban J connectivity index is 1.27. The lowest BCUT2D eigenvalue weighted by Crippen LogP contribution is -2.13. The zero-order valence-electron chi connectivity index (χ0n) is 18.6. The molecule has 0 spiro atoms. The first-order valence-corrected chi connectivity index (χ1v) is 10.8. The Kier molecular flexibility index (Phi) is 5.61. The average Bonchev–Trinajstić information content (AvgIpc) is 3.20. The smallest absolute Gasteiger partial charge is 0.255 e. The summed E-state index contributed by atoms with van der Waals surface area (Å²) in [4.78, 5) is 26.2. The number of nitrogens with zero attached hydrogens (tertiary/aromatic N) is 4. The number of carbonyl (C=O) groups excluding carboxylic acids is 1. The van der Waals surface area contributed by atoms with Crippen LogP contribution in [-0.4, -0.2) is 25.3 Å². The largest absolute Gasteiger partial charge is 0.397 e. The molecule has 0 aliphatic carbocycles. The van der Waals surface area contributed by atoms with E-state index in [-0.39, 0.29) is 5.91 Å². The van der Waals surface area contributed by atoms with Gasteiger partial charge in [-0.05, 0) is 55.0 Å². The van der Waals surface area contributed by atoms with Crippen molar-refractivity contribution >= 4 is 28.9 Å². The van der Waals surface area contributed by atoms with Gasteiger partial charge in [-0.3, -0.25) is 9.20 Å². The second-order valence-electron chi connectivity index (χ2n) is 7.83. The van der Waals surface area contributed by atoms with E-state index in [0.29, 0.717) is 29.4 Å². The lowest BCUT2D eigenvalue weighted by Gasteiger charge is -2.09. The van der Waals surface area contributed by atoms with E-state index < -0.39 is 0 Å². The monoisotopic (exact) mass is 449 g/mol. The number of nitrogen functional groups attached to an aromatic ring is 1. The average molecular weight is 450 g/mol. The lowest BCUT2D eigenvalue weighted by atomic mass is 10.1. The van der Waals surface area contributed by atoms with Gasteiger partial charge in [0, 0.05) is 24.5 Å². The highest BCUT2D eigenvalue weighted by Crippen LogP contribution is 2.23. The van der Waals surface area contributed by atoms with Crippen molar-refractivity contribution in [2.75, 3.05) is 16.4 Å². The van der Waals surface area contributed by atoms with E-state index in [9.17, 15) is 4.79 Å². The SMILES string of the molecule is Cc1nc2ccccn2c1-c1ccnc(NCc2ccc(C(=O)Nc3ccccc3N)cc2)n1. The number of nitrogens with two attached hydrogens (primary N) is 1. The molecule has 168 valence electrons. The minimum absolute atomic E-state index is 0.211. The zero-order chi connectivity index (χ0) is 23.5. The first kappa shape index (κ1) is 21.1. The third-order valence-corrected chi connectivity index (χ3v) is 5.48. The van der Waals surface area contributed by atoms with Gasteiger partial charge in [0.15, 0.2) is 0 Å². The van der Waals surface area contributed by atoms with Crippen molar-refractivity contribution in [3.63, 3.8) is 0 Å². The van der Waals surface area contributed by atoms with Gasteiger partial charge in [-0.25, -0.2) is 15.0 Å². The van der Waals surface area contributed by atoms with Crippen LogP contribution in [0.2, 0.25) is 0 Å². The number of aryl methyl sites for hydroxylation is 1. The molecule has 3 heterocycles. The fourth-order valence-electron chi connectivity index (χ4n) is 3.76. The van der Waals surface area contributed by atoms with Gasteiger partial charge in [0.1, 0.15) is 5.65 Å². The summed E-state index contributed by atoms with van der Waals surface area (Å²) in [6, 6.07) is 22.3. The van der Waals surface area contributed by atoms with Gasteiger partial charge in [0.25, 0.3) is 5.91 Å². The number of anilines is 3. The van der Waals surface area contributed by atoms with Gasteiger partial charge >= 0.3 is 0 Å². The Morgan fingerprint density at radius 3 is 2.59 bits per heavy atom. The molecular weight excluding hydrogens is 426 g/mol. The molecular formula is C26H23N7O. The Morgan fingerprint density at radius 1 is 0.971 bits per heavy atom. The first-order valence-electron chi connectivity index (χ1n) is 10.8. The molecule has 3 aromatic heterocycles. The highest BCUT2D eigenvalue weighted by molar-refractivity contribution is 6.05. The standard InChI is InChI=1S/C26H23N7O/c1-17-24(33-15-5-4-8-23(33)30-17)22-13-14-28-26(32-22)29-16-18-9-11-19(12-10-18)25(34)31-21-7-3-2-6-20(21)27/h2-15H,16,27H2,1H3,(H,31,34)(H,28,29,32). The molecule has 0 saturated carbocycles. The van der Waals surface area contributed by atoms with Crippen molar-refractivity contribution in [1.82, 2.24) is 19.4 Å².